The summed E-state index contributed by atoms with van der Waals surface area (Å²) in [6, 6.07) is 0. The molecule has 32 heavy (non-hydrogen) atoms. The SMILES string of the molecule is BOC(=O)C(B)(B)N(B)C(=O)c1nc(B)c(-c2c(B)c(B)c(B)c(F)c2B)c(B)c1OB. The fourth-order valence-electron chi connectivity index (χ4n) is 4.08. The van der Waals surface area contributed by atoms with Crippen molar-refractivity contribution in [1.82, 2.24) is 9.79 Å². The number of carbonyl (C=O) groups is 2. The van der Waals surface area contributed by atoms with Crippen LogP contribution in [0.15, 0.2) is 0 Å². The lowest BCUT2D eigenvalue weighted by molar-refractivity contribution is -0.136. The molecule has 6 nitrogen and oxygen atoms in total. The molecule has 0 bridgehead atoms. The van der Waals surface area contributed by atoms with E-state index in [2.05, 4.69) is 4.98 Å². The average molecular weight is 420 g/mol. The highest BCUT2D eigenvalue weighted by atomic mass is 19.1. The number of amides is 1. The predicted molar refractivity (Wildman–Crippen MR) is 157 cm³/mol. The summed E-state index contributed by atoms with van der Waals surface area (Å²) in [5.41, 5.74) is 5.83. The lowest BCUT2D eigenvalue weighted by Crippen LogP contribution is -2.58. The van der Waals surface area contributed by atoms with Gasteiger partial charge in [-0.2, -0.15) is 0 Å². The Morgan fingerprint density at radius 3 is 1.94 bits per heavy atom. The third-order valence-electron chi connectivity index (χ3n) is 6.59. The lowest BCUT2D eigenvalue weighted by Gasteiger charge is -2.35. The number of aromatic nitrogens is 1. The highest BCUT2D eigenvalue weighted by molar-refractivity contribution is 6.62. The van der Waals surface area contributed by atoms with Crippen LogP contribution in [0.25, 0.3) is 11.1 Å². The molecule has 1 heterocycles. The van der Waals surface area contributed by atoms with Crippen molar-refractivity contribution in [1.29, 1.82) is 0 Å². The van der Waals surface area contributed by atoms with Crippen LogP contribution in [0.1, 0.15) is 10.5 Å². The summed E-state index contributed by atoms with van der Waals surface area (Å²) in [4.78, 5) is 31.4. The van der Waals surface area contributed by atoms with Crippen LogP contribution in [0, 0.1) is 5.82 Å². The number of nitrogens with zero attached hydrogens (tertiary/aromatic N) is 2. The first-order chi connectivity index (χ1) is 14.7. The Hall–Kier alpha value is -2.25. The van der Waals surface area contributed by atoms with Crippen LogP contribution < -0.4 is 37.6 Å². The van der Waals surface area contributed by atoms with Crippen LogP contribution in [0.5, 0.6) is 5.75 Å². The molecule has 0 radical (unpaired) electrons. The van der Waals surface area contributed by atoms with Gasteiger partial charge in [-0.15, -0.1) is 0 Å². The minimum absolute atomic E-state index is 0.0883. The van der Waals surface area contributed by atoms with E-state index in [-0.39, 0.29) is 11.5 Å². The molecule has 0 aliphatic carbocycles. The van der Waals surface area contributed by atoms with E-state index in [1.54, 1.807) is 39.2 Å². The first-order valence-corrected chi connectivity index (χ1v) is 10.4. The van der Waals surface area contributed by atoms with E-state index in [1.165, 1.54) is 28.9 Å². The zero-order valence-corrected chi connectivity index (χ0v) is 20.9. The zero-order valence-electron chi connectivity index (χ0n) is 20.9. The van der Waals surface area contributed by atoms with E-state index < -0.39 is 17.2 Å². The van der Waals surface area contributed by atoms with Gasteiger partial charge < -0.3 is 14.1 Å². The molecule has 0 saturated heterocycles. The Bertz CT molecular complexity index is 1100. The minimum atomic E-state index is -1.20. The molecule has 0 spiro atoms. The van der Waals surface area contributed by atoms with Gasteiger partial charge >= 0.3 is 16.1 Å². The maximum absolute atomic E-state index is 15.0. The van der Waals surface area contributed by atoms with E-state index in [4.69, 9.17) is 9.31 Å². The Morgan fingerprint density at radius 1 is 0.875 bits per heavy atom. The first kappa shape index (κ1) is 26.0. The van der Waals surface area contributed by atoms with Crippen LogP contribution in [0.4, 0.5) is 4.39 Å². The third-order valence-corrected chi connectivity index (χ3v) is 6.59. The van der Waals surface area contributed by atoms with Gasteiger partial charge in [-0.3, -0.25) is 14.6 Å². The van der Waals surface area contributed by atoms with Gasteiger partial charge in [0.1, 0.15) is 66.5 Å². The maximum atomic E-state index is 15.0. The second-order valence-electron chi connectivity index (χ2n) is 8.68. The minimum Gasteiger partial charge on any atom is -0.567 e. The molecule has 0 fully saturated rings. The zero-order chi connectivity index (χ0) is 24.7. The Morgan fingerprint density at radius 2 is 1.44 bits per heavy atom. The summed E-state index contributed by atoms with van der Waals surface area (Å²) >= 11 is 0. The van der Waals surface area contributed by atoms with Gasteiger partial charge in [0.2, 0.25) is 7.98 Å². The van der Waals surface area contributed by atoms with Crippen molar-refractivity contribution in [3.05, 3.63) is 11.5 Å². The standard InChI is InChI=1S/C14H22B11FN2O4/c15-3-1(4(16)8(26)7(19)6(3)18)2-5(17)10(31-24)9(27-11(2)20)12(29)28(23)14(21,22)13(30)32-25/h15-25H2. The topological polar surface area (TPSA) is 68.7 Å². The van der Waals surface area contributed by atoms with Crippen molar-refractivity contribution < 1.29 is 23.3 Å². The predicted octanol–water partition coefficient (Wildman–Crippen LogP) is -13.6. The first-order valence-electron chi connectivity index (χ1n) is 10.4. The van der Waals surface area contributed by atoms with Gasteiger partial charge in [0.15, 0.2) is 13.5 Å². The van der Waals surface area contributed by atoms with Crippen molar-refractivity contribution >= 4 is 132 Å². The molecule has 1 aromatic carbocycles. The van der Waals surface area contributed by atoms with Gasteiger partial charge in [-0.1, -0.05) is 16.4 Å². The summed E-state index contributed by atoms with van der Waals surface area (Å²) in [6.07, 6.45) is 0. The quantitative estimate of drug-likeness (QED) is 0.450. The molecule has 152 valence electrons. The number of carbonyl (C=O) groups excluding carboxylic acids is 2. The van der Waals surface area contributed by atoms with Gasteiger partial charge in [-0.25, -0.2) is 4.39 Å². The third kappa shape index (κ3) is 4.08. The van der Waals surface area contributed by atoms with Crippen LogP contribution >= 0.6 is 0 Å². The molecule has 2 aromatic rings. The number of benzene rings is 1. The summed E-state index contributed by atoms with van der Waals surface area (Å²) < 4.78 is 25.4. The monoisotopic (exact) mass is 422 g/mol. The van der Waals surface area contributed by atoms with Crippen LogP contribution in [0.3, 0.4) is 0 Å². The highest BCUT2D eigenvalue weighted by Gasteiger charge is 2.37. The molecule has 0 atom stereocenters. The average Bonchev–Trinajstić information content (AvgIpc) is 2.76. The Balaban J connectivity index is 2.80. The summed E-state index contributed by atoms with van der Waals surface area (Å²) in [5.74, 6) is -0.981. The summed E-state index contributed by atoms with van der Waals surface area (Å²) in [6.45, 7) is 0. The normalized spacial score (nSPS) is 11.0. The molecule has 1 aromatic heterocycles. The van der Waals surface area contributed by atoms with Crippen LogP contribution in [-0.4, -0.2) is 114 Å². The second-order valence-corrected chi connectivity index (χ2v) is 8.68. The van der Waals surface area contributed by atoms with E-state index in [1.807, 2.05) is 23.5 Å². The van der Waals surface area contributed by atoms with Crippen LogP contribution in [-0.2, 0) is 9.45 Å². The van der Waals surface area contributed by atoms with Crippen LogP contribution in [0.2, 0.25) is 0 Å². The van der Waals surface area contributed by atoms with E-state index in [9.17, 15) is 14.0 Å². The number of hydrogen-bond acceptors (Lipinski definition) is 5. The van der Waals surface area contributed by atoms with Crippen molar-refractivity contribution in [2.45, 2.75) is 5.34 Å². The van der Waals surface area contributed by atoms with Crippen molar-refractivity contribution in [3.8, 4) is 16.9 Å². The molecule has 2 rings (SSSR count). The number of hydrogen-bond donors (Lipinski definition) is 0. The molecular weight excluding hydrogens is 398 g/mol. The molecule has 0 unspecified atom stereocenters. The summed E-state index contributed by atoms with van der Waals surface area (Å²) in [5, 5.41) is -1.20. The van der Waals surface area contributed by atoms with Gasteiger partial charge in [0, 0.05) is 5.59 Å². The maximum Gasteiger partial charge on any atom is 0.326 e. The number of pyridine rings is 1. The number of rotatable bonds is 5. The summed E-state index contributed by atoms with van der Waals surface area (Å²) in [7, 11) is 18.5. The smallest absolute Gasteiger partial charge is 0.326 e. The van der Waals surface area contributed by atoms with Crippen molar-refractivity contribution in [2.24, 2.45) is 0 Å². The molecule has 0 aliphatic rings. The Kier molecular flexibility index (Phi) is 7.57. The molecule has 0 N–H and O–H groups in total. The van der Waals surface area contributed by atoms with E-state index in [0.29, 0.717) is 27.7 Å². The second kappa shape index (κ2) is 9.32. The fourth-order valence-corrected chi connectivity index (χ4v) is 4.08. The van der Waals surface area contributed by atoms with Crippen molar-refractivity contribution in [2.75, 3.05) is 0 Å². The van der Waals surface area contributed by atoms with Gasteiger partial charge in [0.05, 0.1) is 5.34 Å². The molecule has 0 aliphatic heterocycles. The van der Waals surface area contributed by atoms with E-state index in [0.717, 1.165) is 22.1 Å². The fraction of sp³-hybridized carbons (Fsp3) is 0.0714. The van der Waals surface area contributed by atoms with Gasteiger partial charge in [-0.05, 0) is 22.1 Å². The van der Waals surface area contributed by atoms with E-state index >= 15 is 0 Å². The lowest BCUT2D eigenvalue weighted by atomic mass is 9.59. The number of halogens is 1. The Labute approximate surface area is 198 Å². The highest BCUT2D eigenvalue weighted by Crippen LogP contribution is 2.21. The largest absolute Gasteiger partial charge is 0.567 e. The van der Waals surface area contributed by atoms with Crippen molar-refractivity contribution in [3.63, 3.8) is 0 Å². The molecule has 0 saturated carbocycles. The van der Waals surface area contributed by atoms with Gasteiger partial charge in [0.25, 0.3) is 11.9 Å². The molecular formula is C14H22B11FN2O4. The molecule has 18 heteroatoms. The molecule has 1 amide bonds.